The van der Waals surface area contributed by atoms with Crippen LogP contribution in [0.5, 0.6) is 0 Å². The van der Waals surface area contributed by atoms with Gasteiger partial charge in [0.1, 0.15) is 0 Å². The van der Waals surface area contributed by atoms with Gasteiger partial charge in [0.05, 0.1) is 6.04 Å². The lowest BCUT2D eigenvalue weighted by Gasteiger charge is -2.38. The van der Waals surface area contributed by atoms with Crippen molar-refractivity contribution in [3.63, 3.8) is 0 Å². The van der Waals surface area contributed by atoms with E-state index in [4.69, 9.17) is 0 Å². The zero-order valence-electron chi connectivity index (χ0n) is 36.7. The van der Waals surface area contributed by atoms with Gasteiger partial charge in [0.15, 0.2) is 0 Å². The molecule has 0 aromatic heterocycles. The highest BCUT2D eigenvalue weighted by atomic mass is 15.2. The summed E-state index contributed by atoms with van der Waals surface area (Å²) in [4.78, 5) is 2.63. The Morgan fingerprint density at radius 1 is 0.746 bits per heavy atom. The lowest BCUT2D eigenvalue weighted by molar-refractivity contribution is 0.450. The third-order valence-electron chi connectivity index (χ3n) is 12.8. The van der Waals surface area contributed by atoms with Gasteiger partial charge in [0, 0.05) is 50.3 Å². The maximum absolute atomic E-state index is 3.81. The number of nitrogens with one attached hydrogen (secondary N) is 1. The molecule has 0 fully saturated rings. The number of rotatable bonds is 4. The largest absolute Gasteiger partial charge is 0.364 e. The Labute approximate surface area is 354 Å². The summed E-state index contributed by atoms with van der Waals surface area (Å²) in [5.41, 5.74) is 14.2. The van der Waals surface area contributed by atoms with Crippen LogP contribution in [0.2, 0.25) is 0 Å². The van der Waals surface area contributed by atoms with Gasteiger partial charge in [0.25, 0.3) is 0 Å². The average Bonchev–Trinajstić information content (AvgIpc) is 3.46. The maximum Gasteiger partial charge on any atom is 0.0537 e. The molecule has 1 heterocycles. The van der Waals surface area contributed by atoms with Gasteiger partial charge < -0.3 is 10.2 Å². The molecule has 2 heteroatoms. The molecule has 59 heavy (non-hydrogen) atoms. The van der Waals surface area contributed by atoms with Crippen LogP contribution >= 0.6 is 0 Å². The van der Waals surface area contributed by atoms with Gasteiger partial charge in [-0.1, -0.05) is 188 Å². The molecule has 1 N–H and O–H groups in total. The maximum atomic E-state index is 3.81. The third kappa shape index (κ3) is 7.62. The summed E-state index contributed by atoms with van der Waals surface area (Å²) in [6, 6.07) is 29.5. The van der Waals surface area contributed by atoms with Gasteiger partial charge >= 0.3 is 0 Å². The van der Waals surface area contributed by atoms with E-state index in [1.54, 1.807) is 0 Å². The molecule has 1 aliphatic heterocycles. The Balaban J connectivity index is 0.00000128. The first kappa shape index (κ1) is 41.3. The predicted molar refractivity (Wildman–Crippen MR) is 259 cm³/mol. The van der Waals surface area contributed by atoms with Crippen molar-refractivity contribution in [1.29, 1.82) is 0 Å². The first-order valence-corrected chi connectivity index (χ1v) is 21.9. The van der Waals surface area contributed by atoms with Crippen molar-refractivity contribution in [1.82, 2.24) is 5.32 Å². The molecule has 4 aliphatic carbocycles. The summed E-state index contributed by atoms with van der Waals surface area (Å²) in [6.07, 6.45) is 34.9. The van der Waals surface area contributed by atoms with Crippen LogP contribution in [-0.2, 0) is 5.41 Å². The van der Waals surface area contributed by atoms with Gasteiger partial charge in [-0.3, -0.25) is 0 Å². The minimum atomic E-state index is -0.128. The molecule has 0 saturated carbocycles. The van der Waals surface area contributed by atoms with Crippen molar-refractivity contribution in [2.75, 3.05) is 4.90 Å². The number of hydrogen-bond donors (Lipinski definition) is 1. The van der Waals surface area contributed by atoms with Gasteiger partial charge in [0.2, 0.25) is 0 Å². The van der Waals surface area contributed by atoms with E-state index in [0.717, 1.165) is 19.3 Å². The summed E-state index contributed by atoms with van der Waals surface area (Å²) in [5, 5.41) is 8.90. The topological polar surface area (TPSA) is 15.3 Å². The quantitative estimate of drug-likeness (QED) is 0.222. The van der Waals surface area contributed by atoms with Crippen molar-refractivity contribution < 1.29 is 0 Å². The summed E-state index contributed by atoms with van der Waals surface area (Å²) in [7, 11) is 0. The van der Waals surface area contributed by atoms with Crippen LogP contribution in [-0.4, -0.2) is 6.04 Å². The number of anilines is 2. The van der Waals surface area contributed by atoms with E-state index in [0.29, 0.717) is 0 Å². The van der Waals surface area contributed by atoms with Crippen LogP contribution in [0, 0.1) is 5.41 Å². The first-order chi connectivity index (χ1) is 28.8. The fourth-order valence-electron chi connectivity index (χ4n) is 9.59. The Bertz CT molecular complexity index is 2660. The molecular formula is C57H62N2. The fourth-order valence-corrected chi connectivity index (χ4v) is 9.59. The molecule has 4 bridgehead atoms. The van der Waals surface area contributed by atoms with Crippen LogP contribution in [0.3, 0.4) is 0 Å². The number of allylic oxidation sites excluding steroid dienone is 15. The Kier molecular flexibility index (Phi) is 12.3. The summed E-state index contributed by atoms with van der Waals surface area (Å²) in [5.74, 6) is 0. The van der Waals surface area contributed by atoms with E-state index in [1.807, 2.05) is 27.7 Å². The Morgan fingerprint density at radius 2 is 1.46 bits per heavy atom. The molecule has 4 aromatic carbocycles. The minimum Gasteiger partial charge on any atom is -0.364 e. The van der Waals surface area contributed by atoms with Crippen molar-refractivity contribution in [3.05, 3.63) is 201 Å². The van der Waals surface area contributed by atoms with Gasteiger partial charge in [-0.15, -0.1) is 0 Å². The average molecular weight is 775 g/mol. The van der Waals surface area contributed by atoms with E-state index in [-0.39, 0.29) is 16.9 Å². The van der Waals surface area contributed by atoms with Crippen molar-refractivity contribution in [2.24, 2.45) is 5.41 Å². The van der Waals surface area contributed by atoms with Crippen LogP contribution in [0.4, 0.5) is 11.4 Å². The molecule has 9 rings (SSSR count). The molecule has 0 amide bonds. The lowest BCUT2D eigenvalue weighted by atomic mass is 9.73. The minimum absolute atomic E-state index is 0.0730. The number of fused-ring (bicyclic) bond motifs is 4. The molecule has 5 aliphatic rings. The highest BCUT2D eigenvalue weighted by Gasteiger charge is 2.34. The third-order valence-corrected chi connectivity index (χ3v) is 12.8. The van der Waals surface area contributed by atoms with Crippen LogP contribution in [0.15, 0.2) is 174 Å². The molecular weight excluding hydrogens is 713 g/mol. The first-order valence-electron chi connectivity index (χ1n) is 21.9. The zero-order chi connectivity index (χ0) is 41.7. The second-order valence-corrected chi connectivity index (χ2v) is 16.4. The molecule has 2 unspecified atom stereocenters. The molecule has 0 saturated heterocycles. The Hall–Kier alpha value is -5.86. The molecule has 0 spiro atoms. The molecule has 4 aromatic rings. The highest BCUT2D eigenvalue weighted by molar-refractivity contribution is 5.97. The standard InChI is InChI=1S/C53H50N2.2C2H6/c1-6-42-43(36(2)38-30-31-49-47(33-38)45-26-15-27-48-46(45)24-10-8-20-40(35-54-49)52(48,3)4)25-16-29-50(42)55(51-28-13-18-37-17-7-9-23-44(37)51)41-22-14-21-39-19-11-12-32-53(39,5)34-41;2*1-2/h6-29,32-33,35,41,54H,30-31,34H2,1-5H3;2*1-2H3/b20-8-,24-10-,40-35-,42-6+,43-36+;;. The lowest BCUT2D eigenvalue weighted by Crippen LogP contribution is -2.40. The normalized spacial score (nSPS) is 23.5. The zero-order valence-corrected chi connectivity index (χ0v) is 36.7. The molecule has 300 valence electrons. The van der Waals surface area contributed by atoms with Crippen molar-refractivity contribution >= 4 is 45.4 Å². The van der Waals surface area contributed by atoms with E-state index in [9.17, 15) is 0 Å². The van der Waals surface area contributed by atoms with E-state index < -0.39 is 0 Å². The van der Waals surface area contributed by atoms with Crippen molar-refractivity contribution in [2.45, 2.75) is 93.0 Å². The fraction of sp³-hybridized carbons (Fsp3) is 0.263. The summed E-state index contributed by atoms with van der Waals surface area (Å²) in [6.45, 7) is 19.6. The van der Waals surface area contributed by atoms with Gasteiger partial charge in [-0.2, -0.15) is 0 Å². The van der Waals surface area contributed by atoms with E-state index in [2.05, 4.69) is 209 Å². The second kappa shape index (κ2) is 17.6. The van der Waals surface area contributed by atoms with E-state index >= 15 is 0 Å². The highest BCUT2D eigenvalue weighted by Crippen LogP contribution is 2.45. The summed E-state index contributed by atoms with van der Waals surface area (Å²) < 4.78 is 0. The van der Waals surface area contributed by atoms with Crippen molar-refractivity contribution in [3.8, 4) is 0 Å². The molecule has 2 nitrogen and oxygen atoms in total. The van der Waals surface area contributed by atoms with Crippen LogP contribution < -0.4 is 20.7 Å². The van der Waals surface area contributed by atoms with Gasteiger partial charge in [-0.25, -0.2) is 0 Å². The predicted octanol–water partition coefficient (Wildman–Crippen LogP) is 13.9. The van der Waals surface area contributed by atoms with Crippen LogP contribution in [0.1, 0.15) is 98.3 Å². The molecule has 0 radical (unpaired) electrons. The smallest absolute Gasteiger partial charge is 0.0537 e. The SMILES string of the molecule is C/C=c1/c(N(c2cccc3ccccc23)C2C=CC=C3C=CC=CC3(C)C2)ccc/c1=C(/C)C1=CC2=C(CC1)N/C=C1/C=C\C=C/c3c2cccc3C1(C)C.CC.CC. The molecule has 2 atom stereocenters. The van der Waals surface area contributed by atoms with Crippen LogP contribution in [0.25, 0.3) is 34.1 Å². The number of hydrogen-bond acceptors (Lipinski definition) is 2. The Morgan fingerprint density at radius 3 is 2.29 bits per heavy atom. The van der Waals surface area contributed by atoms with Gasteiger partial charge in [-0.05, 0) is 101 Å². The van der Waals surface area contributed by atoms with E-state index in [1.165, 1.54) is 82.8 Å². The monoisotopic (exact) mass is 774 g/mol. The number of benzene rings is 4. The second-order valence-electron chi connectivity index (χ2n) is 16.4. The summed E-state index contributed by atoms with van der Waals surface area (Å²) >= 11 is 0. The number of nitrogens with zero attached hydrogens (tertiary/aromatic N) is 1.